The summed E-state index contributed by atoms with van der Waals surface area (Å²) in [4.78, 5) is 24.5. The van der Waals surface area contributed by atoms with Crippen molar-refractivity contribution in [3.63, 3.8) is 0 Å². The highest BCUT2D eigenvalue weighted by atomic mass is 35.5. The number of carbonyl (C=O) groups excluding carboxylic acids is 2. The Balaban J connectivity index is 1.54. The predicted octanol–water partition coefficient (Wildman–Crippen LogP) is 4.60. The van der Waals surface area contributed by atoms with Crippen LogP contribution in [0.2, 0.25) is 10.0 Å². The number of Topliss-reactive ketones (excluding diaryl/α,β-unsaturated/α-hetero) is 1. The summed E-state index contributed by atoms with van der Waals surface area (Å²) < 4.78 is 10.9. The molecule has 27 heavy (non-hydrogen) atoms. The van der Waals surface area contributed by atoms with Gasteiger partial charge in [-0.1, -0.05) is 29.3 Å². The summed E-state index contributed by atoms with van der Waals surface area (Å²) >= 11 is 11.9. The smallest absolute Gasteiger partial charge is 0.220 e. The fraction of sp³-hybridized carbons (Fsp3) is 0.300. The number of ether oxygens (including phenoxy) is 2. The molecular weight excluding hydrogens is 389 g/mol. The molecule has 0 saturated carbocycles. The van der Waals surface area contributed by atoms with Crippen molar-refractivity contribution in [3.8, 4) is 11.5 Å². The van der Waals surface area contributed by atoms with Crippen LogP contribution in [-0.4, -0.2) is 24.9 Å². The van der Waals surface area contributed by atoms with Gasteiger partial charge >= 0.3 is 0 Å². The van der Waals surface area contributed by atoms with Gasteiger partial charge in [-0.3, -0.25) is 9.59 Å². The highest BCUT2D eigenvalue weighted by Crippen LogP contribution is 2.31. The van der Waals surface area contributed by atoms with Crippen LogP contribution in [0.5, 0.6) is 11.5 Å². The van der Waals surface area contributed by atoms with Crippen molar-refractivity contribution < 1.29 is 19.1 Å². The second kappa shape index (κ2) is 8.63. The van der Waals surface area contributed by atoms with Gasteiger partial charge < -0.3 is 14.8 Å². The molecule has 1 N–H and O–H groups in total. The number of amides is 1. The molecule has 0 fully saturated rings. The molecule has 0 spiro atoms. The first-order chi connectivity index (χ1) is 12.9. The van der Waals surface area contributed by atoms with Crippen LogP contribution in [0.1, 0.15) is 41.7 Å². The quantitative estimate of drug-likeness (QED) is 0.710. The highest BCUT2D eigenvalue weighted by Gasteiger charge is 2.17. The molecule has 5 nitrogen and oxygen atoms in total. The van der Waals surface area contributed by atoms with E-state index in [1.807, 2.05) is 6.92 Å². The van der Waals surface area contributed by atoms with E-state index in [-0.39, 0.29) is 30.6 Å². The first-order valence-electron chi connectivity index (χ1n) is 8.61. The first kappa shape index (κ1) is 19.5. The van der Waals surface area contributed by atoms with E-state index in [9.17, 15) is 9.59 Å². The maximum Gasteiger partial charge on any atom is 0.220 e. The molecule has 2 aromatic rings. The topological polar surface area (TPSA) is 64.6 Å². The Hall–Kier alpha value is -2.24. The Labute approximate surface area is 167 Å². The lowest BCUT2D eigenvalue weighted by Gasteiger charge is -2.18. The fourth-order valence-electron chi connectivity index (χ4n) is 2.77. The number of nitrogens with one attached hydrogen (secondary N) is 1. The minimum Gasteiger partial charge on any atom is -0.486 e. The molecule has 7 heteroatoms. The zero-order valence-corrected chi connectivity index (χ0v) is 16.3. The largest absolute Gasteiger partial charge is 0.486 e. The fourth-order valence-corrected chi connectivity index (χ4v) is 3.07. The van der Waals surface area contributed by atoms with Gasteiger partial charge in [-0.05, 0) is 42.8 Å². The summed E-state index contributed by atoms with van der Waals surface area (Å²) in [6.07, 6.45) is 0.207. The maximum absolute atomic E-state index is 12.4. The number of fused-ring (bicyclic) bond motifs is 1. The predicted molar refractivity (Wildman–Crippen MR) is 104 cm³/mol. The van der Waals surface area contributed by atoms with Gasteiger partial charge in [0.05, 0.1) is 16.1 Å². The Kier molecular flexibility index (Phi) is 6.24. The standard InChI is InChI=1S/C20H19Cl2NO4/c1-12(13-2-4-15(21)16(22)10-13)23-20(25)7-5-17(24)14-3-6-18-19(11-14)27-9-8-26-18/h2-4,6,10-12H,5,7-9H2,1H3,(H,23,25). The Morgan fingerprint density at radius 1 is 1.00 bits per heavy atom. The third kappa shape index (κ3) is 4.93. The van der Waals surface area contributed by atoms with E-state index in [0.717, 1.165) is 5.56 Å². The third-order valence-corrected chi connectivity index (χ3v) is 5.00. The van der Waals surface area contributed by atoms with E-state index in [1.54, 1.807) is 36.4 Å². The van der Waals surface area contributed by atoms with E-state index in [1.165, 1.54) is 0 Å². The van der Waals surface area contributed by atoms with Crippen LogP contribution in [0.3, 0.4) is 0 Å². The number of hydrogen-bond donors (Lipinski definition) is 1. The summed E-state index contributed by atoms with van der Waals surface area (Å²) in [5, 5.41) is 3.76. The lowest BCUT2D eigenvalue weighted by molar-refractivity contribution is -0.121. The van der Waals surface area contributed by atoms with Crippen molar-refractivity contribution in [2.45, 2.75) is 25.8 Å². The minimum atomic E-state index is -0.239. The van der Waals surface area contributed by atoms with E-state index in [2.05, 4.69) is 5.32 Å². The number of carbonyl (C=O) groups is 2. The van der Waals surface area contributed by atoms with Crippen LogP contribution in [-0.2, 0) is 4.79 Å². The summed E-state index contributed by atoms with van der Waals surface area (Å²) in [6, 6.07) is 10.0. The average Bonchev–Trinajstić information content (AvgIpc) is 2.67. The summed E-state index contributed by atoms with van der Waals surface area (Å²) in [6.45, 7) is 2.80. The van der Waals surface area contributed by atoms with Gasteiger partial charge in [-0.2, -0.15) is 0 Å². The summed E-state index contributed by atoms with van der Waals surface area (Å²) in [7, 11) is 0. The summed E-state index contributed by atoms with van der Waals surface area (Å²) in [5.41, 5.74) is 1.35. The first-order valence-corrected chi connectivity index (χ1v) is 9.37. The molecule has 0 saturated heterocycles. The molecule has 0 bridgehead atoms. The van der Waals surface area contributed by atoms with Crippen LogP contribution in [0.25, 0.3) is 0 Å². The molecule has 1 aliphatic rings. The van der Waals surface area contributed by atoms with Crippen molar-refractivity contribution in [1.82, 2.24) is 5.32 Å². The van der Waals surface area contributed by atoms with E-state index < -0.39 is 0 Å². The van der Waals surface area contributed by atoms with Gasteiger partial charge in [0, 0.05) is 18.4 Å². The molecule has 1 unspecified atom stereocenters. The van der Waals surface area contributed by atoms with E-state index >= 15 is 0 Å². The second-order valence-electron chi connectivity index (χ2n) is 6.24. The van der Waals surface area contributed by atoms with Gasteiger partial charge in [-0.25, -0.2) is 0 Å². The molecule has 0 aromatic heterocycles. The lowest BCUT2D eigenvalue weighted by atomic mass is 10.0. The molecule has 0 radical (unpaired) electrons. The molecule has 0 aliphatic carbocycles. The lowest BCUT2D eigenvalue weighted by Crippen LogP contribution is -2.27. The van der Waals surface area contributed by atoms with Gasteiger partial charge in [0.15, 0.2) is 17.3 Å². The number of ketones is 1. The zero-order chi connectivity index (χ0) is 19.4. The van der Waals surface area contributed by atoms with Crippen LogP contribution in [0.15, 0.2) is 36.4 Å². The van der Waals surface area contributed by atoms with Gasteiger partial charge in [-0.15, -0.1) is 0 Å². The van der Waals surface area contributed by atoms with Crippen LogP contribution in [0.4, 0.5) is 0 Å². The number of hydrogen-bond acceptors (Lipinski definition) is 4. The monoisotopic (exact) mass is 407 g/mol. The molecular formula is C20H19Cl2NO4. The van der Waals surface area contributed by atoms with Gasteiger partial charge in [0.1, 0.15) is 13.2 Å². The van der Waals surface area contributed by atoms with Gasteiger partial charge in [0.2, 0.25) is 5.91 Å². The number of benzene rings is 2. The van der Waals surface area contributed by atoms with E-state index in [0.29, 0.717) is 40.3 Å². The molecule has 1 aliphatic heterocycles. The number of rotatable bonds is 6. The molecule has 1 heterocycles. The SMILES string of the molecule is CC(NC(=O)CCC(=O)c1ccc2c(c1)OCCO2)c1ccc(Cl)c(Cl)c1. The van der Waals surface area contributed by atoms with Crippen molar-refractivity contribution in [2.24, 2.45) is 0 Å². The molecule has 1 atom stereocenters. The zero-order valence-electron chi connectivity index (χ0n) is 14.8. The molecule has 1 amide bonds. The second-order valence-corrected chi connectivity index (χ2v) is 7.06. The minimum absolute atomic E-state index is 0.0962. The normalized spacial score (nSPS) is 13.7. The van der Waals surface area contributed by atoms with Crippen molar-refractivity contribution in [3.05, 3.63) is 57.6 Å². The van der Waals surface area contributed by atoms with Crippen LogP contribution >= 0.6 is 23.2 Å². The Morgan fingerprint density at radius 3 is 2.48 bits per heavy atom. The van der Waals surface area contributed by atoms with Gasteiger partial charge in [0.25, 0.3) is 0 Å². The molecule has 3 rings (SSSR count). The Bertz CT molecular complexity index is 869. The van der Waals surface area contributed by atoms with E-state index in [4.69, 9.17) is 32.7 Å². The third-order valence-electron chi connectivity index (χ3n) is 4.26. The average molecular weight is 408 g/mol. The molecule has 2 aromatic carbocycles. The van der Waals surface area contributed by atoms with Crippen molar-refractivity contribution in [1.29, 1.82) is 0 Å². The van der Waals surface area contributed by atoms with Crippen molar-refractivity contribution >= 4 is 34.9 Å². The van der Waals surface area contributed by atoms with Crippen LogP contribution < -0.4 is 14.8 Å². The Morgan fingerprint density at radius 2 is 1.74 bits per heavy atom. The maximum atomic E-state index is 12.4. The summed E-state index contributed by atoms with van der Waals surface area (Å²) in [5.74, 6) is 0.861. The van der Waals surface area contributed by atoms with Crippen molar-refractivity contribution in [2.75, 3.05) is 13.2 Å². The number of halogens is 2. The molecule has 142 valence electrons. The highest BCUT2D eigenvalue weighted by molar-refractivity contribution is 6.42. The van der Waals surface area contributed by atoms with Crippen LogP contribution in [0, 0.1) is 0 Å².